The lowest BCUT2D eigenvalue weighted by Gasteiger charge is -2.34. The number of aryl methyl sites for hydroxylation is 2. The predicted octanol–water partition coefficient (Wildman–Crippen LogP) is 2.65. The van der Waals surface area contributed by atoms with Gasteiger partial charge in [-0.1, -0.05) is 29.8 Å². The van der Waals surface area contributed by atoms with Crippen LogP contribution in [0.2, 0.25) is 0 Å². The van der Waals surface area contributed by atoms with E-state index in [1.807, 2.05) is 31.2 Å². The lowest BCUT2D eigenvalue weighted by Crippen LogP contribution is -2.53. The van der Waals surface area contributed by atoms with Crippen molar-refractivity contribution >= 4 is 16.1 Å². The Morgan fingerprint density at radius 3 is 2.23 bits per heavy atom. The molecule has 3 rings (SSSR count). The van der Waals surface area contributed by atoms with Gasteiger partial charge in [0.1, 0.15) is 5.75 Å². The highest BCUT2D eigenvalue weighted by Crippen LogP contribution is 2.18. The maximum atomic E-state index is 12.8. The van der Waals surface area contributed by atoms with Crippen molar-refractivity contribution in [1.29, 1.82) is 0 Å². The second-order valence-corrected chi connectivity index (χ2v) is 9.33. The number of piperazine rings is 1. The number of benzene rings is 2. The van der Waals surface area contributed by atoms with Crippen molar-refractivity contribution in [3.63, 3.8) is 0 Å². The summed E-state index contributed by atoms with van der Waals surface area (Å²) in [5, 5.41) is 2.93. The minimum absolute atomic E-state index is 0.142. The molecular formula is C22H29N3O4S. The van der Waals surface area contributed by atoms with Crippen LogP contribution in [0.15, 0.2) is 53.4 Å². The number of urea groups is 1. The summed E-state index contributed by atoms with van der Waals surface area (Å²) in [5.74, 6) is 0.829. The Morgan fingerprint density at radius 1 is 1.00 bits per heavy atom. The van der Waals surface area contributed by atoms with E-state index in [1.54, 1.807) is 36.3 Å². The minimum Gasteiger partial charge on any atom is -0.497 e. The first-order valence-corrected chi connectivity index (χ1v) is 11.6. The highest BCUT2D eigenvalue weighted by atomic mass is 32.2. The Hall–Kier alpha value is -2.58. The summed E-state index contributed by atoms with van der Waals surface area (Å²) in [4.78, 5) is 14.4. The van der Waals surface area contributed by atoms with Gasteiger partial charge in [0.25, 0.3) is 0 Å². The molecule has 0 bridgehead atoms. The van der Waals surface area contributed by atoms with Gasteiger partial charge in [0.05, 0.1) is 12.0 Å². The summed E-state index contributed by atoms with van der Waals surface area (Å²) in [7, 11) is -1.88. The summed E-state index contributed by atoms with van der Waals surface area (Å²) < 4.78 is 32.1. The monoisotopic (exact) mass is 431 g/mol. The fraction of sp³-hybridized carbons (Fsp3) is 0.409. The van der Waals surface area contributed by atoms with E-state index in [2.05, 4.69) is 5.32 Å². The van der Waals surface area contributed by atoms with Crippen molar-refractivity contribution in [2.24, 2.45) is 0 Å². The highest BCUT2D eigenvalue weighted by Gasteiger charge is 2.29. The van der Waals surface area contributed by atoms with Crippen molar-refractivity contribution in [2.75, 3.05) is 39.8 Å². The van der Waals surface area contributed by atoms with Gasteiger partial charge in [-0.2, -0.15) is 4.31 Å². The fourth-order valence-electron chi connectivity index (χ4n) is 3.38. The summed E-state index contributed by atoms with van der Waals surface area (Å²) >= 11 is 0. The van der Waals surface area contributed by atoms with Gasteiger partial charge < -0.3 is 15.0 Å². The van der Waals surface area contributed by atoms with E-state index in [1.165, 1.54) is 9.87 Å². The number of ether oxygens (including phenoxy) is 1. The number of amides is 2. The Balaban J connectivity index is 1.42. The van der Waals surface area contributed by atoms with Gasteiger partial charge in [0.15, 0.2) is 0 Å². The van der Waals surface area contributed by atoms with Crippen molar-refractivity contribution in [1.82, 2.24) is 14.5 Å². The molecule has 7 nitrogen and oxygen atoms in total. The van der Waals surface area contributed by atoms with Crippen LogP contribution in [-0.4, -0.2) is 63.5 Å². The lowest BCUT2D eigenvalue weighted by atomic mass is 10.1. The third-order valence-corrected chi connectivity index (χ3v) is 7.17. The zero-order valence-electron chi connectivity index (χ0n) is 17.5. The fourth-order valence-corrected chi connectivity index (χ4v) is 4.80. The van der Waals surface area contributed by atoms with Crippen LogP contribution in [-0.2, 0) is 16.4 Å². The summed E-state index contributed by atoms with van der Waals surface area (Å²) in [6.07, 6.45) is 1.70. The second kappa shape index (κ2) is 9.95. The number of nitrogens with one attached hydrogen (secondary N) is 1. The van der Waals surface area contributed by atoms with Gasteiger partial charge in [-0.3, -0.25) is 0 Å². The van der Waals surface area contributed by atoms with Gasteiger partial charge >= 0.3 is 6.03 Å². The first-order chi connectivity index (χ1) is 14.4. The number of hydrogen-bond acceptors (Lipinski definition) is 4. The van der Waals surface area contributed by atoms with Crippen LogP contribution in [0.1, 0.15) is 17.5 Å². The van der Waals surface area contributed by atoms with Crippen LogP contribution < -0.4 is 10.1 Å². The predicted molar refractivity (Wildman–Crippen MR) is 116 cm³/mol. The van der Waals surface area contributed by atoms with E-state index in [0.29, 0.717) is 37.6 Å². The van der Waals surface area contributed by atoms with Crippen molar-refractivity contribution < 1.29 is 17.9 Å². The van der Waals surface area contributed by atoms with Gasteiger partial charge in [0, 0.05) is 32.7 Å². The largest absolute Gasteiger partial charge is 0.497 e. The van der Waals surface area contributed by atoms with Gasteiger partial charge in [-0.15, -0.1) is 0 Å². The molecule has 8 heteroatoms. The molecule has 0 aliphatic carbocycles. The van der Waals surface area contributed by atoms with Crippen molar-refractivity contribution in [3.8, 4) is 5.75 Å². The lowest BCUT2D eigenvalue weighted by molar-refractivity contribution is 0.172. The second-order valence-electron chi connectivity index (χ2n) is 7.39. The van der Waals surface area contributed by atoms with E-state index in [-0.39, 0.29) is 6.03 Å². The molecule has 0 radical (unpaired) electrons. The average molecular weight is 432 g/mol. The molecule has 0 atom stereocenters. The van der Waals surface area contributed by atoms with Crippen molar-refractivity contribution in [2.45, 2.75) is 24.7 Å². The molecule has 1 fully saturated rings. The maximum Gasteiger partial charge on any atom is 0.317 e. The summed E-state index contributed by atoms with van der Waals surface area (Å²) in [6, 6.07) is 14.6. The average Bonchev–Trinajstić information content (AvgIpc) is 2.77. The number of nitrogens with zero attached hydrogens (tertiary/aromatic N) is 2. The molecule has 30 heavy (non-hydrogen) atoms. The molecule has 2 aromatic carbocycles. The Bertz CT molecular complexity index is 935. The standard InChI is InChI=1S/C22H29N3O4S/c1-18-5-11-21(12-6-18)30(27,28)25-16-14-24(15-17-25)22(26)23-13-3-4-19-7-9-20(29-2)10-8-19/h5-12H,3-4,13-17H2,1-2H3,(H,23,26). The van der Waals surface area contributed by atoms with Crippen LogP contribution in [0.5, 0.6) is 5.75 Å². The highest BCUT2D eigenvalue weighted by molar-refractivity contribution is 7.89. The van der Waals surface area contributed by atoms with E-state index < -0.39 is 10.0 Å². The van der Waals surface area contributed by atoms with E-state index in [4.69, 9.17) is 4.74 Å². The Labute approximate surface area is 178 Å². The quantitative estimate of drug-likeness (QED) is 0.684. The summed E-state index contributed by atoms with van der Waals surface area (Å²) in [5.41, 5.74) is 2.21. The molecule has 1 aliphatic heterocycles. The molecule has 2 amide bonds. The molecule has 1 heterocycles. The minimum atomic E-state index is -3.52. The van der Waals surface area contributed by atoms with Crippen LogP contribution in [0.4, 0.5) is 4.79 Å². The first kappa shape index (κ1) is 22.1. The van der Waals surface area contributed by atoms with Gasteiger partial charge in [0.2, 0.25) is 10.0 Å². The number of hydrogen-bond donors (Lipinski definition) is 1. The van der Waals surface area contributed by atoms with Crippen LogP contribution in [0.25, 0.3) is 0 Å². The third kappa shape index (κ3) is 5.52. The maximum absolute atomic E-state index is 12.8. The molecular weight excluding hydrogens is 402 g/mol. The van der Waals surface area contributed by atoms with E-state index in [0.717, 1.165) is 24.2 Å². The number of rotatable bonds is 7. The zero-order valence-corrected chi connectivity index (χ0v) is 18.3. The zero-order chi connectivity index (χ0) is 21.6. The molecule has 0 unspecified atom stereocenters. The number of sulfonamides is 1. The smallest absolute Gasteiger partial charge is 0.317 e. The normalized spacial score (nSPS) is 15.1. The van der Waals surface area contributed by atoms with Gasteiger partial charge in [-0.05, 0) is 49.6 Å². The van der Waals surface area contributed by atoms with E-state index >= 15 is 0 Å². The van der Waals surface area contributed by atoms with Crippen LogP contribution in [0.3, 0.4) is 0 Å². The molecule has 0 aromatic heterocycles. The molecule has 0 spiro atoms. The molecule has 0 saturated carbocycles. The summed E-state index contributed by atoms with van der Waals surface area (Å²) in [6.45, 7) is 3.87. The number of carbonyl (C=O) groups excluding carboxylic acids is 1. The molecule has 162 valence electrons. The van der Waals surface area contributed by atoms with Gasteiger partial charge in [-0.25, -0.2) is 13.2 Å². The molecule has 1 saturated heterocycles. The van der Waals surface area contributed by atoms with Crippen LogP contribution >= 0.6 is 0 Å². The van der Waals surface area contributed by atoms with Crippen LogP contribution in [0, 0.1) is 6.92 Å². The number of carbonyl (C=O) groups is 1. The van der Waals surface area contributed by atoms with E-state index in [9.17, 15) is 13.2 Å². The topological polar surface area (TPSA) is 79.0 Å². The third-order valence-electron chi connectivity index (χ3n) is 5.26. The molecule has 2 aromatic rings. The Morgan fingerprint density at radius 2 is 1.63 bits per heavy atom. The molecule has 1 aliphatic rings. The SMILES string of the molecule is COc1ccc(CCCNC(=O)N2CCN(S(=O)(=O)c3ccc(C)cc3)CC2)cc1. The first-order valence-electron chi connectivity index (χ1n) is 10.1. The molecule has 1 N–H and O–H groups in total. The number of methoxy groups -OCH3 is 1. The Kier molecular flexibility index (Phi) is 7.33. The van der Waals surface area contributed by atoms with Crippen molar-refractivity contribution in [3.05, 3.63) is 59.7 Å².